The Hall–Kier alpha value is -2.84. The molecule has 3 rings (SSSR count). The molecule has 0 saturated heterocycles. The molecule has 29 heavy (non-hydrogen) atoms. The van der Waals surface area contributed by atoms with Gasteiger partial charge in [0, 0.05) is 12.1 Å². The Morgan fingerprint density at radius 3 is 2.34 bits per heavy atom. The zero-order chi connectivity index (χ0) is 20.3. The number of amides is 3. The molecule has 2 aromatic carbocycles. The summed E-state index contributed by atoms with van der Waals surface area (Å²) in [7, 11) is 0. The lowest BCUT2D eigenvalue weighted by Gasteiger charge is -2.14. The van der Waals surface area contributed by atoms with Gasteiger partial charge in [-0.2, -0.15) is 0 Å². The normalized spacial score (nSPS) is 13.1. The van der Waals surface area contributed by atoms with E-state index in [4.69, 9.17) is 5.73 Å². The highest BCUT2D eigenvalue weighted by molar-refractivity contribution is 6.22. The Kier molecular flexibility index (Phi) is 7.05. The fraction of sp³-hybridized carbons (Fsp3) is 0.250. The number of nitrogens with two attached hydrogens (primary N) is 1. The molecule has 1 heterocycles. The van der Waals surface area contributed by atoms with E-state index in [1.165, 1.54) is 18.2 Å². The maximum Gasteiger partial charge on any atom is 0.277 e. The van der Waals surface area contributed by atoms with E-state index in [-0.39, 0.29) is 35.6 Å². The Bertz CT molecular complexity index is 922. The number of hydrogen-bond donors (Lipinski definition) is 2. The number of fused-ring (bicyclic) bond motifs is 1. The van der Waals surface area contributed by atoms with Crippen molar-refractivity contribution in [1.29, 1.82) is 0 Å². The summed E-state index contributed by atoms with van der Waals surface area (Å²) in [5, 5.41) is 2.09. The molecule has 0 aromatic heterocycles. The minimum absolute atomic E-state index is 0. The molecule has 3 amide bonds. The fourth-order valence-corrected chi connectivity index (χ4v) is 2.90. The highest BCUT2D eigenvalue weighted by Gasteiger charge is 2.36. The van der Waals surface area contributed by atoms with Crippen molar-refractivity contribution in [1.82, 2.24) is 10.2 Å². The highest BCUT2D eigenvalue weighted by Crippen LogP contribution is 2.24. The van der Waals surface area contributed by atoms with Crippen molar-refractivity contribution < 1.29 is 23.2 Å². The zero-order valence-electron chi connectivity index (χ0n) is 15.4. The van der Waals surface area contributed by atoms with E-state index in [1.54, 1.807) is 0 Å². The second-order valence-corrected chi connectivity index (χ2v) is 6.50. The van der Waals surface area contributed by atoms with E-state index in [0.29, 0.717) is 6.42 Å². The van der Waals surface area contributed by atoms with E-state index in [2.05, 4.69) is 5.32 Å². The fourth-order valence-electron chi connectivity index (χ4n) is 2.90. The number of imide groups is 1. The van der Waals surface area contributed by atoms with Gasteiger partial charge in [-0.15, -0.1) is 12.4 Å². The molecular weight excluding hydrogens is 404 g/mol. The average molecular weight is 424 g/mol. The van der Waals surface area contributed by atoms with Crippen LogP contribution in [0.15, 0.2) is 48.5 Å². The molecule has 6 nitrogen and oxygen atoms in total. The number of nitrogens with one attached hydrogen (secondary N) is 1. The SMILES string of the molecule is Cl.NCC(F)(F)CNC(=O)c1ccc2c(c1)C(=O)N(CCc1ccccc1)C2=O. The lowest BCUT2D eigenvalue weighted by Crippen LogP contribution is -2.41. The van der Waals surface area contributed by atoms with Gasteiger partial charge in [-0.05, 0) is 30.2 Å². The van der Waals surface area contributed by atoms with Gasteiger partial charge in [-0.3, -0.25) is 19.3 Å². The van der Waals surface area contributed by atoms with Crippen LogP contribution in [0.5, 0.6) is 0 Å². The predicted octanol–water partition coefficient (Wildman–Crippen LogP) is 2.27. The van der Waals surface area contributed by atoms with Crippen LogP contribution in [0.1, 0.15) is 36.6 Å². The lowest BCUT2D eigenvalue weighted by molar-refractivity contribution is 0.0118. The largest absolute Gasteiger partial charge is 0.346 e. The maximum atomic E-state index is 13.2. The molecule has 1 aliphatic rings. The van der Waals surface area contributed by atoms with Crippen LogP contribution in [0, 0.1) is 0 Å². The lowest BCUT2D eigenvalue weighted by atomic mass is 10.1. The molecule has 0 saturated carbocycles. The van der Waals surface area contributed by atoms with Crippen LogP contribution in [0.3, 0.4) is 0 Å². The maximum absolute atomic E-state index is 13.2. The van der Waals surface area contributed by atoms with Gasteiger partial charge in [-0.25, -0.2) is 8.78 Å². The van der Waals surface area contributed by atoms with Crippen molar-refractivity contribution in [2.75, 3.05) is 19.6 Å². The summed E-state index contributed by atoms with van der Waals surface area (Å²) in [5.41, 5.74) is 6.24. The Labute approximate surface area is 172 Å². The van der Waals surface area contributed by atoms with Gasteiger partial charge in [0.1, 0.15) is 0 Å². The predicted molar refractivity (Wildman–Crippen MR) is 106 cm³/mol. The van der Waals surface area contributed by atoms with Gasteiger partial charge in [0.05, 0.1) is 24.2 Å². The third-order valence-corrected chi connectivity index (χ3v) is 4.51. The van der Waals surface area contributed by atoms with E-state index in [0.717, 1.165) is 10.5 Å². The van der Waals surface area contributed by atoms with E-state index in [1.807, 2.05) is 30.3 Å². The van der Waals surface area contributed by atoms with E-state index in [9.17, 15) is 23.2 Å². The summed E-state index contributed by atoms with van der Waals surface area (Å²) in [5.74, 6) is -4.92. The van der Waals surface area contributed by atoms with Crippen LogP contribution in [-0.2, 0) is 6.42 Å². The van der Waals surface area contributed by atoms with Gasteiger partial charge in [0.15, 0.2) is 0 Å². The van der Waals surface area contributed by atoms with Gasteiger partial charge >= 0.3 is 0 Å². The number of halogens is 3. The van der Waals surface area contributed by atoms with Crippen LogP contribution in [-0.4, -0.2) is 48.2 Å². The standard InChI is InChI=1S/C20H19F2N3O3.ClH/c21-20(22,11-23)12-24-17(26)14-6-7-15-16(10-14)19(28)25(18(15)27)9-8-13-4-2-1-3-5-13;/h1-7,10H,8-9,11-12,23H2,(H,24,26);1H. The summed E-state index contributed by atoms with van der Waals surface area (Å²) < 4.78 is 26.4. The van der Waals surface area contributed by atoms with Crippen LogP contribution >= 0.6 is 12.4 Å². The molecule has 0 fully saturated rings. The molecular formula is C20H20ClF2N3O3. The van der Waals surface area contributed by atoms with Crippen molar-refractivity contribution in [3.8, 4) is 0 Å². The van der Waals surface area contributed by atoms with Crippen molar-refractivity contribution in [3.63, 3.8) is 0 Å². The molecule has 1 aliphatic heterocycles. The minimum Gasteiger partial charge on any atom is -0.346 e. The van der Waals surface area contributed by atoms with Crippen molar-refractivity contribution in [3.05, 3.63) is 70.8 Å². The van der Waals surface area contributed by atoms with Crippen LogP contribution in [0.4, 0.5) is 8.78 Å². The topological polar surface area (TPSA) is 92.5 Å². The Balaban J connectivity index is 0.00000300. The van der Waals surface area contributed by atoms with Gasteiger partial charge in [0.2, 0.25) is 0 Å². The summed E-state index contributed by atoms with van der Waals surface area (Å²) in [6.07, 6.45) is 0.508. The first kappa shape index (κ1) is 22.4. The van der Waals surface area contributed by atoms with Crippen molar-refractivity contribution in [2.24, 2.45) is 5.73 Å². The van der Waals surface area contributed by atoms with Gasteiger partial charge < -0.3 is 11.1 Å². The number of benzene rings is 2. The minimum atomic E-state index is -3.22. The summed E-state index contributed by atoms with van der Waals surface area (Å²) >= 11 is 0. The quantitative estimate of drug-likeness (QED) is 0.668. The summed E-state index contributed by atoms with van der Waals surface area (Å²) in [6, 6.07) is 13.4. The first-order valence-corrected chi connectivity index (χ1v) is 8.72. The van der Waals surface area contributed by atoms with Gasteiger partial charge in [-0.1, -0.05) is 30.3 Å². The third-order valence-electron chi connectivity index (χ3n) is 4.51. The Morgan fingerprint density at radius 2 is 1.69 bits per heavy atom. The first-order chi connectivity index (χ1) is 13.3. The van der Waals surface area contributed by atoms with Gasteiger partial charge in [0.25, 0.3) is 23.6 Å². The van der Waals surface area contributed by atoms with Crippen LogP contribution in [0.2, 0.25) is 0 Å². The molecule has 2 aromatic rings. The smallest absolute Gasteiger partial charge is 0.277 e. The average Bonchev–Trinajstić information content (AvgIpc) is 2.95. The number of rotatable bonds is 7. The molecule has 0 spiro atoms. The summed E-state index contributed by atoms with van der Waals surface area (Å²) in [6.45, 7) is -1.59. The molecule has 154 valence electrons. The number of alkyl halides is 2. The molecule has 3 N–H and O–H groups in total. The number of hydrogen-bond acceptors (Lipinski definition) is 4. The number of carbonyl (C=O) groups is 3. The molecule has 0 radical (unpaired) electrons. The molecule has 0 aliphatic carbocycles. The highest BCUT2D eigenvalue weighted by atomic mass is 35.5. The second kappa shape index (κ2) is 9.11. The molecule has 9 heteroatoms. The van der Waals surface area contributed by atoms with Crippen LogP contribution < -0.4 is 11.1 Å². The van der Waals surface area contributed by atoms with Crippen molar-refractivity contribution in [2.45, 2.75) is 12.3 Å². The van der Waals surface area contributed by atoms with E-state index >= 15 is 0 Å². The van der Waals surface area contributed by atoms with E-state index < -0.39 is 36.7 Å². The molecule has 0 unspecified atom stereocenters. The third kappa shape index (κ3) is 4.96. The second-order valence-electron chi connectivity index (χ2n) is 6.50. The number of carbonyl (C=O) groups excluding carboxylic acids is 3. The monoisotopic (exact) mass is 423 g/mol. The van der Waals surface area contributed by atoms with Crippen molar-refractivity contribution >= 4 is 30.1 Å². The van der Waals surface area contributed by atoms with Crippen LogP contribution in [0.25, 0.3) is 0 Å². The molecule has 0 atom stereocenters. The summed E-state index contributed by atoms with van der Waals surface area (Å²) in [4.78, 5) is 38.3. The number of nitrogens with zero attached hydrogens (tertiary/aromatic N) is 1. The first-order valence-electron chi connectivity index (χ1n) is 8.72. The molecule has 0 bridgehead atoms. The Morgan fingerprint density at radius 1 is 1.03 bits per heavy atom. The zero-order valence-corrected chi connectivity index (χ0v) is 16.2.